The Labute approximate surface area is 170 Å². The zero-order chi connectivity index (χ0) is 21.0. The predicted octanol–water partition coefficient (Wildman–Crippen LogP) is -0.0829. The van der Waals surface area contributed by atoms with Gasteiger partial charge >= 0.3 is 0 Å². The lowest BCUT2D eigenvalue weighted by atomic mass is 9.91. The van der Waals surface area contributed by atoms with E-state index in [2.05, 4.69) is 17.4 Å². The number of nitrogens with zero attached hydrogens (tertiary/aromatic N) is 2. The van der Waals surface area contributed by atoms with E-state index in [4.69, 9.17) is 4.74 Å². The van der Waals surface area contributed by atoms with Crippen LogP contribution < -0.4 is 5.32 Å². The number of aliphatic hydroxyl groups excluding tert-OH is 3. The van der Waals surface area contributed by atoms with Crippen LogP contribution in [0.3, 0.4) is 0 Å². The molecular weight excluding hydrogens is 386 g/mol. The Bertz CT molecular complexity index is 539. The monoisotopic (exact) mass is 419 g/mol. The van der Waals surface area contributed by atoms with Gasteiger partial charge in [0.15, 0.2) is 0 Å². The number of ether oxygens (including phenoxy) is 1. The Morgan fingerprint density at radius 3 is 2.57 bits per heavy atom. The van der Waals surface area contributed by atoms with Gasteiger partial charge in [-0.05, 0) is 39.0 Å². The second-order valence-corrected chi connectivity index (χ2v) is 8.84. The molecule has 2 fully saturated rings. The first kappa shape index (κ1) is 23.5. The van der Waals surface area contributed by atoms with Crippen LogP contribution in [0, 0.1) is 10.8 Å². The molecule has 0 saturated carbocycles. The fourth-order valence-corrected chi connectivity index (χ4v) is 4.88. The third kappa shape index (κ3) is 5.03. The molecule has 2 rings (SSSR count). The summed E-state index contributed by atoms with van der Waals surface area (Å²) in [6, 6.07) is -2.13. The van der Waals surface area contributed by atoms with Gasteiger partial charge in [0.1, 0.15) is 35.9 Å². The van der Waals surface area contributed by atoms with Gasteiger partial charge in [-0.15, -0.1) is 11.8 Å². The Balaban J connectivity index is 2.15. The van der Waals surface area contributed by atoms with Crippen LogP contribution in [0.1, 0.15) is 33.1 Å². The number of carbonyl (C=O) groups is 1. The molecule has 0 aromatic carbocycles. The van der Waals surface area contributed by atoms with Gasteiger partial charge in [-0.1, -0.05) is 18.5 Å². The number of nitrogens with one attached hydrogen (secondary N) is 1. The highest BCUT2D eigenvalue weighted by Crippen LogP contribution is 2.31. The average molecular weight is 420 g/mol. The Morgan fingerprint density at radius 1 is 1.32 bits per heavy atom. The normalized spacial score (nSPS) is 38.8. The van der Waals surface area contributed by atoms with Crippen LogP contribution >= 0.6 is 11.8 Å². The van der Waals surface area contributed by atoms with Crippen molar-refractivity contribution < 1.29 is 24.9 Å². The lowest BCUT2D eigenvalue weighted by molar-refractivity contribution is -0.206. The summed E-state index contributed by atoms with van der Waals surface area (Å²) in [6.45, 7) is 4.47. The second kappa shape index (κ2) is 10.3. The van der Waals surface area contributed by atoms with Crippen LogP contribution in [0.4, 0.5) is 0 Å². The molecule has 2 heterocycles. The van der Waals surface area contributed by atoms with Gasteiger partial charge in [-0.3, -0.25) is 9.69 Å². The second-order valence-electron chi connectivity index (χ2n) is 7.90. The van der Waals surface area contributed by atoms with E-state index >= 15 is 0 Å². The van der Waals surface area contributed by atoms with E-state index in [1.165, 1.54) is 18.7 Å². The lowest BCUT2D eigenvalue weighted by Crippen LogP contribution is -2.65. The van der Waals surface area contributed by atoms with E-state index in [0.29, 0.717) is 5.92 Å². The molecule has 162 valence electrons. The third-order valence-corrected chi connectivity index (χ3v) is 6.68. The SMILES string of the molecule is CCCC1CC(C(=O)NC(C(C)N=O)C2OC(SC)C(O)C(O)C2O)N(C)C1. The highest BCUT2D eigenvalue weighted by atomic mass is 32.2. The number of aliphatic hydroxyl groups is 3. The van der Waals surface area contributed by atoms with Crippen LogP contribution in [0.5, 0.6) is 0 Å². The topological polar surface area (TPSA) is 132 Å². The first-order valence-electron chi connectivity index (χ1n) is 9.80. The molecule has 0 radical (unpaired) electrons. The molecule has 4 N–H and O–H groups in total. The number of nitroso groups, excluding NO2 is 1. The molecule has 0 aliphatic carbocycles. The van der Waals surface area contributed by atoms with E-state index in [-0.39, 0.29) is 11.9 Å². The minimum Gasteiger partial charge on any atom is -0.388 e. The Kier molecular flexibility index (Phi) is 8.65. The van der Waals surface area contributed by atoms with Crippen LogP contribution in [0.25, 0.3) is 0 Å². The summed E-state index contributed by atoms with van der Waals surface area (Å²) < 4.78 is 5.74. The quantitative estimate of drug-likeness (QED) is 0.402. The molecule has 2 aliphatic rings. The number of amides is 1. The number of likely N-dealkylation sites (tertiary alicyclic amines) is 1. The summed E-state index contributed by atoms with van der Waals surface area (Å²) >= 11 is 1.18. The molecule has 9 unspecified atom stereocenters. The molecule has 9 atom stereocenters. The van der Waals surface area contributed by atoms with Crippen molar-refractivity contribution in [2.45, 2.75) is 81.1 Å². The molecule has 0 bridgehead atoms. The number of likely N-dealkylation sites (N-methyl/N-ethyl adjacent to an activating group) is 1. The van der Waals surface area contributed by atoms with Crippen LogP contribution in [0.2, 0.25) is 0 Å². The molecule has 0 aromatic heterocycles. The first-order valence-corrected chi connectivity index (χ1v) is 11.1. The van der Waals surface area contributed by atoms with E-state index < -0.39 is 41.9 Å². The number of rotatable bonds is 8. The summed E-state index contributed by atoms with van der Waals surface area (Å²) in [7, 11) is 1.89. The number of thioether (sulfide) groups is 1. The fraction of sp³-hybridized carbons (Fsp3) is 0.944. The molecule has 1 amide bonds. The van der Waals surface area contributed by atoms with Crippen LogP contribution in [0.15, 0.2) is 5.18 Å². The fourth-order valence-electron chi connectivity index (χ4n) is 4.20. The predicted molar refractivity (Wildman–Crippen MR) is 107 cm³/mol. The van der Waals surface area contributed by atoms with Gasteiger partial charge in [0, 0.05) is 6.54 Å². The van der Waals surface area contributed by atoms with Crippen molar-refractivity contribution in [3.05, 3.63) is 4.91 Å². The van der Waals surface area contributed by atoms with E-state index in [0.717, 1.165) is 25.8 Å². The van der Waals surface area contributed by atoms with Crippen LogP contribution in [-0.4, -0.2) is 94.0 Å². The maximum absolute atomic E-state index is 12.9. The Morgan fingerprint density at radius 2 is 2.00 bits per heavy atom. The highest BCUT2D eigenvalue weighted by molar-refractivity contribution is 7.99. The van der Waals surface area contributed by atoms with Gasteiger partial charge in [-0.25, -0.2) is 0 Å². The summed E-state index contributed by atoms with van der Waals surface area (Å²) in [4.78, 5) is 26.2. The number of carbonyl (C=O) groups excluding carboxylic acids is 1. The van der Waals surface area contributed by atoms with E-state index in [1.807, 2.05) is 11.9 Å². The van der Waals surface area contributed by atoms with Crippen molar-refractivity contribution >= 4 is 17.7 Å². The maximum atomic E-state index is 12.9. The van der Waals surface area contributed by atoms with Gasteiger partial charge in [0.25, 0.3) is 0 Å². The van der Waals surface area contributed by atoms with Crippen molar-refractivity contribution in [3.63, 3.8) is 0 Å². The Hall–Kier alpha value is -0.780. The molecule has 28 heavy (non-hydrogen) atoms. The summed E-state index contributed by atoms with van der Waals surface area (Å²) in [5, 5.41) is 36.5. The van der Waals surface area contributed by atoms with E-state index in [9.17, 15) is 25.0 Å². The van der Waals surface area contributed by atoms with Crippen molar-refractivity contribution in [2.75, 3.05) is 19.8 Å². The first-order chi connectivity index (χ1) is 13.2. The van der Waals surface area contributed by atoms with Crippen LogP contribution in [-0.2, 0) is 9.53 Å². The number of hydrogen-bond acceptors (Lipinski definition) is 9. The third-order valence-electron chi connectivity index (χ3n) is 5.82. The van der Waals surface area contributed by atoms with Crippen molar-refractivity contribution in [1.29, 1.82) is 0 Å². The highest BCUT2D eigenvalue weighted by Gasteiger charge is 2.49. The molecule has 10 heteroatoms. The zero-order valence-corrected chi connectivity index (χ0v) is 17.7. The van der Waals surface area contributed by atoms with Crippen molar-refractivity contribution in [2.24, 2.45) is 11.1 Å². The molecule has 2 saturated heterocycles. The molecule has 0 aromatic rings. The standard InChI is InChI=1S/C18H33N3O6S/c1-5-6-10-7-11(21(3)8-10)17(25)19-12(9(2)20-26)16-14(23)13(22)15(24)18(27-16)28-4/h9-16,18,22-24H,5-8H2,1-4H3,(H,19,25). The molecule has 0 spiro atoms. The van der Waals surface area contributed by atoms with Gasteiger partial charge < -0.3 is 25.4 Å². The number of hydrogen-bond donors (Lipinski definition) is 4. The molecule has 2 aliphatic heterocycles. The van der Waals surface area contributed by atoms with Gasteiger partial charge in [0.05, 0.1) is 12.1 Å². The molecular formula is C18H33N3O6S. The summed E-state index contributed by atoms with van der Waals surface area (Å²) in [6.07, 6.45) is -0.702. The maximum Gasteiger partial charge on any atom is 0.237 e. The summed E-state index contributed by atoms with van der Waals surface area (Å²) in [5.41, 5.74) is -0.787. The van der Waals surface area contributed by atoms with E-state index in [1.54, 1.807) is 6.26 Å². The summed E-state index contributed by atoms with van der Waals surface area (Å²) in [5.74, 6) is 0.193. The zero-order valence-electron chi connectivity index (χ0n) is 16.9. The van der Waals surface area contributed by atoms with Crippen molar-refractivity contribution in [1.82, 2.24) is 10.2 Å². The minimum absolute atomic E-state index is 0.251. The van der Waals surface area contributed by atoms with Crippen molar-refractivity contribution in [3.8, 4) is 0 Å². The largest absolute Gasteiger partial charge is 0.388 e. The van der Waals surface area contributed by atoms with Gasteiger partial charge in [-0.2, -0.15) is 4.91 Å². The van der Waals surface area contributed by atoms with Gasteiger partial charge in [0.2, 0.25) is 5.91 Å². The minimum atomic E-state index is -1.46. The lowest BCUT2D eigenvalue weighted by Gasteiger charge is -2.43. The molecule has 9 nitrogen and oxygen atoms in total. The average Bonchev–Trinajstić information content (AvgIpc) is 3.05. The smallest absolute Gasteiger partial charge is 0.237 e.